The molecule has 1 saturated heterocycles. The largest absolute Gasteiger partial charge is 0.490 e. The lowest BCUT2D eigenvalue weighted by atomic mass is 9.94. The molecule has 2 aromatic heterocycles. The summed E-state index contributed by atoms with van der Waals surface area (Å²) >= 11 is 1.09. The molecule has 0 amide bonds. The van der Waals surface area contributed by atoms with Crippen LogP contribution in [0.1, 0.15) is 18.1 Å². The lowest BCUT2D eigenvalue weighted by Crippen LogP contribution is -2.55. The van der Waals surface area contributed by atoms with E-state index in [9.17, 15) is 39.6 Å². The predicted octanol–water partition coefficient (Wildman–Crippen LogP) is 5.15. The van der Waals surface area contributed by atoms with Gasteiger partial charge < -0.3 is 9.64 Å². The second kappa shape index (κ2) is 11.0. The molecule has 3 aromatic rings. The number of hydrogen-bond donors (Lipinski definition) is 0. The van der Waals surface area contributed by atoms with Crippen LogP contribution in [0.3, 0.4) is 0 Å². The molecule has 40 heavy (non-hydrogen) atoms. The van der Waals surface area contributed by atoms with E-state index < -0.39 is 45.6 Å². The summed E-state index contributed by atoms with van der Waals surface area (Å²) < 4.78 is 112. The van der Waals surface area contributed by atoms with Gasteiger partial charge in [0.05, 0.1) is 0 Å². The van der Waals surface area contributed by atoms with E-state index in [1.165, 1.54) is 22.5 Å². The molecule has 0 radical (unpaired) electrons. The first kappa shape index (κ1) is 29.8. The number of thiophene rings is 1. The Morgan fingerprint density at radius 3 is 2.23 bits per heavy atom. The Kier molecular flexibility index (Phi) is 8.20. The molecule has 1 unspecified atom stereocenters. The zero-order valence-electron chi connectivity index (χ0n) is 20.8. The number of carbonyl (C=O) groups is 1. The average molecular weight is 608 g/mol. The van der Waals surface area contributed by atoms with Crippen molar-refractivity contribution in [1.29, 1.82) is 0 Å². The van der Waals surface area contributed by atoms with Crippen molar-refractivity contribution in [2.24, 2.45) is 0 Å². The Hall–Kier alpha value is -3.17. The second-order valence-electron chi connectivity index (χ2n) is 9.17. The van der Waals surface area contributed by atoms with Crippen LogP contribution in [0.5, 0.6) is 0 Å². The van der Waals surface area contributed by atoms with Crippen molar-refractivity contribution in [2.75, 3.05) is 24.5 Å². The van der Waals surface area contributed by atoms with Gasteiger partial charge in [-0.1, -0.05) is 18.2 Å². The molecule has 1 aromatic carbocycles. The molecular weight excluding hydrogens is 584 g/mol. The van der Waals surface area contributed by atoms with Crippen LogP contribution in [-0.2, 0) is 31.6 Å². The number of pyridine rings is 1. The number of halogens is 6. The highest BCUT2D eigenvalue weighted by molar-refractivity contribution is 7.91. The molecule has 7 nitrogen and oxygen atoms in total. The molecule has 0 aliphatic carbocycles. The summed E-state index contributed by atoms with van der Waals surface area (Å²) in [5.41, 5.74) is -2.99. The molecule has 216 valence electrons. The fourth-order valence-electron chi connectivity index (χ4n) is 4.38. The number of anilines is 1. The summed E-state index contributed by atoms with van der Waals surface area (Å²) in [6, 6.07) is 10.7. The number of aromatic nitrogens is 1. The number of esters is 1. The van der Waals surface area contributed by atoms with Gasteiger partial charge in [0.1, 0.15) is 4.21 Å². The maximum Gasteiger partial charge on any atom is 0.490 e. The third-order valence-electron chi connectivity index (χ3n) is 6.57. The Balaban J connectivity index is 1.64. The normalized spacial score (nSPS) is 18.8. The van der Waals surface area contributed by atoms with Gasteiger partial charge in [-0.3, -0.25) is 4.98 Å². The van der Waals surface area contributed by atoms with Crippen LogP contribution in [0, 0.1) is 0 Å². The molecule has 1 fully saturated rings. The SMILES string of the molecule is CC(OC(=O)C(F)(F)F)(c1ccc(N2CCN(S(=O)(=O)c3cccs3)C[C@H]2Cc2ccncc2)cc1)C(F)(F)F. The molecule has 1 aliphatic heterocycles. The lowest BCUT2D eigenvalue weighted by Gasteiger charge is -2.42. The van der Waals surface area contributed by atoms with Gasteiger partial charge in [0.2, 0.25) is 5.60 Å². The van der Waals surface area contributed by atoms with E-state index >= 15 is 0 Å². The van der Waals surface area contributed by atoms with Gasteiger partial charge in [0, 0.05) is 49.3 Å². The maximum atomic E-state index is 13.8. The number of rotatable bonds is 7. The second-order valence-corrected chi connectivity index (χ2v) is 12.3. The number of piperazine rings is 1. The van der Waals surface area contributed by atoms with Gasteiger partial charge in [-0.15, -0.1) is 11.3 Å². The van der Waals surface area contributed by atoms with Crippen LogP contribution in [-0.4, -0.2) is 61.7 Å². The number of hydrogen-bond acceptors (Lipinski definition) is 7. The predicted molar refractivity (Wildman–Crippen MR) is 134 cm³/mol. The number of sulfonamides is 1. The van der Waals surface area contributed by atoms with E-state index in [2.05, 4.69) is 9.72 Å². The summed E-state index contributed by atoms with van der Waals surface area (Å²) in [4.78, 5) is 17.1. The van der Waals surface area contributed by atoms with Crippen molar-refractivity contribution in [2.45, 2.75) is 41.5 Å². The van der Waals surface area contributed by atoms with Gasteiger partial charge in [0.15, 0.2) is 0 Å². The number of carbonyl (C=O) groups excluding carboxylic acids is 1. The standard InChI is InChI=1S/C25H23F6N3O4S2/c1-23(25(29,30)31,38-22(35)24(26,27)28)18-4-6-19(7-5-18)34-13-12-33(40(36,37)21-3-2-14-39-21)16-20(34)15-17-8-10-32-11-9-17/h2-11,14,20H,12-13,15-16H2,1H3/t20-,23?/m1/s1. The van der Waals surface area contributed by atoms with Crippen molar-refractivity contribution >= 4 is 33.0 Å². The number of benzene rings is 1. The molecule has 3 heterocycles. The van der Waals surface area contributed by atoms with Gasteiger partial charge in [-0.25, -0.2) is 13.2 Å². The minimum Gasteiger partial charge on any atom is -0.438 e. The fourth-order valence-corrected chi connectivity index (χ4v) is 7.00. The van der Waals surface area contributed by atoms with Crippen LogP contribution in [0.2, 0.25) is 0 Å². The van der Waals surface area contributed by atoms with E-state index in [0.29, 0.717) is 19.0 Å². The first-order chi connectivity index (χ1) is 18.6. The molecule has 15 heteroatoms. The first-order valence-corrected chi connectivity index (χ1v) is 14.1. The third-order valence-corrected chi connectivity index (χ3v) is 9.81. The van der Waals surface area contributed by atoms with E-state index in [-0.39, 0.29) is 23.8 Å². The highest BCUT2D eigenvalue weighted by Crippen LogP contribution is 2.44. The van der Waals surface area contributed by atoms with Gasteiger partial charge in [0.25, 0.3) is 10.0 Å². The number of alkyl halides is 6. The van der Waals surface area contributed by atoms with Crippen LogP contribution < -0.4 is 4.90 Å². The third kappa shape index (κ3) is 6.10. The van der Waals surface area contributed by atoms with Crippen molar-refractivity contribution in [1.82, 2.24) is 9.29 Å². The van der Waals surface area contributed by atoms with Crippen LogP contribution in [0.25, 0.3) is 0 Å². The average Bonchev–Trinajstić information content (AvgIpc) is 3.44. The monoisotopic (exact) mass is 607 g/mol. The molecule has 0 saturated carbocycles. The maximum absolute atomic E-state index is 13.8. The van der Waals surface area contributed by atoms with Gasteiger partial charge >= 0.3 is 18.3 Å². The zero-order valence-corrected chi connectivity index (χ0v) is 22.4. The van der Waals surface area contributed by atoms with E-state index in [4.69, 9.17) is 0 Å². The first-order valence-electron chi connectivity index (χ1n) is 11.8. The van der Waals surface area contributed by atoms with E-state index in [1.807, 2.05) is 4.90 Å². The van der Waals surface area contributed by atoms with Crippen molar-refractivity contribution in [3.63, 3.8) is 0 Å². The summed E-state index contributed by atoms with van der Waals surface area (Å²) in [6.45, 7) is 0.720. The van der Waals surface area contributed by atoms with Crippen molar-refractivity contribution in [3.05, 3.63) is 77.4 Å². The van der Waals surface area contributed by atoms with Crippen molar-refractivity contribution in [3.8, 4) is 0 Å². The highest BCUT2D eigenvalue weighted by Gasteiger charge is 2.59. The van der Waals surface area contributed by atoms with Crippen LogP contribution in [0.15, 0.2) is 70.5 Å². The smallest absolute Gasteiger partial charge is 0.438 e. The minimum absolute atomic E-state index is 0.0772. The van der Waals surface area contributed by atoms with Crippen LogP contribution >= 0.6 is 11.3 Å². The number of ether oxygens (including phenoxy) is 1. The Bertz CT molecular complexity index is 1420. The molecular formula is C25H23F6N3O4S2. The molecule has 1 aliphatic rings. The molecule has 0 bridgehead atoms. The minimum atomic E-state index is -5.62. The van der Waals surface area contributed by atoms with Crippen LogP contribution in [0.4, 0.5) is 32.0 Å². The van der Waals surface area contributed by atoms with Gasteiger partial charge in [-0.2, -0.15) is 30.6 Å². The summed E-state index contributed by atoms with van der Waals surface area (Å²) in [6.07, 6.45) is -7.42. The summed E-state index contributed by atoms with van der Waals surface area (Å²) in [5.74, 6) is -2.96. The summed E-state index contributed by atoms with van der Waals surface area (Å²) in [5, 5.41) is 1.65. The van der Waals surface area contributed by atoms with E-state index in [1.54, 1.807) is 36.0 Å². The Morgan fingerprint density at radius 1 is 1.02 bits per heavy atom. The lowest BCUT2D eigenvalue weighted by molar-refractivity contribution is -0.285. The molecule has 4 rings (SSSR count). The van der Waals surface area contributed by atoms with Gasteiger partial charge in [-0.05, 0) is 54.6 Å². The summed E-state index contributed by atoms with van der Waals surface area (Å²) in [7, 11) is -3.77. The van der Waals surface area contributed by atoms with E-state index in [0.717, 1.165) is 29.0 Å². The Labute approximate surface area is 230 Å². The highest BCUT2D eigenvalue weighted by atomic mass is 32.2. The molecule has 0 N–H and O–H groups in total. The molecule has 2 atom stereocenters. The number of nitrogens with zero attached hydrogens (tertiary/aromatic N) is 3. The quantitative estimate of drug-likeness (QED) is 0.273. The molecule has 0 spiro atoms. The topological polar surface area (TPSA) is 79.8 Å². The Morgan fingerprint density at radius 2 is 1.68 bits per heavy atom. The van der Waals surface area contributed by atoms with Crippen molar-refractivity contribution < 1.29 is 44.3 Å². The fraction of sp³-hybridized carbons (Fsp3) is 0.360. The zero-order chi connectivity index (χ0) is 29.3.